The zero-order valence-electron chi connectivity index (χ0n) is 21.8. The van der Waals surface area contributed by atoms with Crippen molar-refractivity contribution >= 4 is 46.7 Å². The van der Waals surface area contributed by atoms with Crippen molar-refractivity contribution in [3.8, 4) is 5.75 Å². The quantitative estimate of drug-likeness (QED) is 0.168. The van der Waals surface area contributed by atoms with Crippen molar-refractivity contribution in [2.75, 3.05) is 12.0 Å². The van der Waals surface area contributed by atoms with Gasteiger partial charge in [-0.3, -0.25) is 24.0 Å². The lowest BCUT2D eigenvalue weighted by molar-refractivity contribution is -0.384. The number of nitrogens with one attached hydrogen (secondary N) is 1. The molecule has 0 saturated carbocycles. The first-order valence-corrected chi connectivity index (χ1v) is 12.4. The van der Waals surface area contributed by atoms with Gasteiger partial charge in [-0.15, -0.1) is 0 Å². The summed E-state index contributed by atoms with van der Waals surface area (Å²) in [5.41, 5.74) is 3.23. The number of aliphatic hydroxyl groups excluding tert-OH is 1. The minimum atomic E-state index is -1.05. The number of rotatable bonds is 10. The molecule has 40 heavy (non-hydrogen) atoms. The van der Waals surface area contributed by atoms with Crippen LogP contribution in [-0.2, 0) is 20.6 Å². The molecule has 0 aliphatic carbocycles. The van der Waals surface area contributed by atoms with Gasteiger partial charge in [-0.25, -0.2) is 10.2 Å². The number of non-ortho nitro benzene ring substituents is 1. The SMILES string of the molecule is Cc1ccccc1OC[C@@H](O)Cn1c(N/N=C\C(Cl)=C\c2ccc([N+](=O)[O-])cc2)nc2c1c(=O)n(C)c(=O)n2C. The van der Waals surface area contributed by atoms with Gasteiger partial charge >= 0.3 is 5.69 Å². The van der Waals surface area contributed by atoms with Gasteiger partial charge in [0, 0.05) is 26.2 Å². The van der Waals surface area contributed by atoms with E-state index in [1.54, 1.807) is 12.1 Å². The largest absolute Gasteiger partial charge is 0.491 e. The highest BCUT2D eigenvalue weighted by Crippen LogP contribution is 2.19. The Labute approximate surface area is 232 Å². The molecule has 0 bridgehead atoms. The lowest BCUT2D eigenvalue weighted by Gasteiger charge is -2.16. The van der Waals surface area contributed by atoms with Crippen LogP contribution in [0.3, 0.4) is 0 Å². The highest BCUT2D eigenvalue weighted by atomic mass is 35.5. The first kappa shape index (κ1) is 28.3. The molecule has 2 aromatic carbocycles. The predicted octanol–water partition coefficient (Wildman–Crippen LogP) is 2.77. The van der Waals surface area contributed by atoms with Crippen LogP contribution in [0.2, 0.25) is 0 Å². The zero-order valence-corrected chi connectivity index (χ0v) is 22.6. The molecule has 0 fully saturated rings. The number of benzene rings is 2. The molecule has 2 aromatic heterocycles. The lowest BCUT2D eigenvalue weighted by atomic mass is 10.2. The molecule has 0 spiro atoms. The summed E-state index contributed by atoms with van der Waals surface area (Å²) in [7, 11) is 2.84. The molecule has 0 aliphatic heterocycles. The highest BCUT2D eigenvalue weighted by Gasteiger charge is 2.21. The Kier molecular flexibility index (Phi) is 8.46. The van der Waals surface area contributed by atoms with Crippen LogP contribution < -0.4 is 21.4 Å². The molecular weight excluding hydrogens is 542 g/mol. The van der Waals surface area contributed by atoms with E-state index in [0.717, 1.165) is 10.1 Å². The van der Waals surface area contributed by atoms with Gasteiger partial charge in [-0.05, 0) is 42.3 Å². The number of anilines is 1. The second-order valence-corrected chi connectivity index (χ2v) is 9.34. The molecule has 13 nitrogen and oxygen atoms in total. The molecule has 4 aromatic rings. The van der Waals surface area contributed by atoms with Crippen LogP contribution in [-0.4, -0.2) is 47.6 Å². The number of nitro groups is 1. The first-order valence-electron chi connectivity index (χ1n) is 12.0. The molecule has 0 saturated heterocycles. The summed E-state index contributed by atoms with van der Waals surface area (Å²) >= 11 is 6.25. The van der Waals surface area contributed by atoms with Crippen LogP contribution in [0.15, 0.2) is 68.3 Å². The fraction of sp³-hybridized carbons (Fsp3) is 0.231. The maximum Gasteiger partial charge on any atom is 0.332 e. The van der Waals surface area contributed by atoms with Gasteiger partial charge < -0.3 is 14.4 Å². The third kappa shape index (κ3) is 6.11. The molecule has 14 heteroatoms. The average Bonchev–Trinajstić information content (AvgIpc) is 3.28. The third-order valence-corrected chi connectivity index (χ3v) is 6.23. The van der Waals surface area contributed by atoms with Crippen molar-refractivity contribution in [2.45, 2.75) is 19.6 Å². The maximum absolute atomic E-state index is 13.0. The van der Waals surface area contributed by atoms with Crippen molar-refractivity contribution in [2.24, 2.45) is 19.2 Å². The van der Waals surface area contributed by atoms with Crippen molar-refractivity contribution in [1.82, 2.24) is 18.7 Å². The number of halogens is 1. The molecule has 208 valence electrons. The third-order valence-electron chi connectivity index (χ3n) is 6.03. The lowest BCUT2D eigenvalue weighted by Crippen LogP contribution is -2.38. The Morgan fingerprint density at radius 3 is 2.58 bits per heavy atom. The molecular formula is C26H26ClN7O6. The molecule has 0 amide bonds. The summed E-state index contributed by atoms with van der Waals surface area (Å²) in [4.78, 5) is 40.2. The number of fused-ring (bicyclic) bond motifs is 1. The number of allylic oxidation sites excluding steroid dienone is 1. The molecule has 2 N–H and O–H groups in total. The fourth-order valence-corrected chi connectivity index (χ4v) is 4.09. The van der Waals surface area contributed by atoms with Gasteiger partial charge in [0.15, 0.2) is 11.2 Å². The molecule has 0 unspecified atom stereocenters. The summed E-state index contributed by atoms with van der Waals surface area (Å²) in [6.45, 7) is 1.72. The molecule has 2 heterocycles. The number of aliphatic hydroxyl groups is 1. The number of para-hydroxylation sites is 1. The van der Waals surface area contributed by atoms with E-state index in [1.165, 1.54) is 53.7 Å². The highest BCUT2D eigenvalue weighted by molar-refractivity contribution is 6.41. The molecule has 4 rings (SSSR count). The Balaban J connectivity index is 1.60. The van der Waals surface area contributed by atoms with E-state index < -0.39 is 22.3 Å². The number of imidazole rings is 1. The van der Waals surface area contributed by atoms with Gasteiger partial charge in [-0.1, -0.05) is 29.8 Å². The van der Waals surface area contributed by atoms with Gasteiger partial charge in [0.05, 0.1) is 22.7 Å². The number of aromatic nitrogens is 4. The van der Waals surface area contributed by atoms with Crippen LogP contribution in [0.25, 0.3) is 17.2 Å². The number of aryl methyl sites for hydroxylation is 2. The topological polar surface area (TPSA) is 159 Å². The van der Waals surface area contributed by atoms with Crippen molar-refractivity contribution in [3.63, 3.8) is 0 Å². The predicted molar refractivity (Wildman–Crippen MR) is 152 cm³/mol. The fourth-order valence-electron chi connectivity index (χ4n) is 3.92. The van der Waals surface area contributed by atoms with E-state index in [0.29, 0.717) is 11.3 Å². The first-order chi connectivity index (χ1) is 19.1. The van der Waals surface area contributed by atoms with Gasteiger partial charge in [0.25, 0.3) is 11.2 Å². The van der Waals surface area contributed by atoms with E-state index in [-0.39, 0.29) is 41.0 Å². The van der Waals surface area contributed by atoms with E-state index in [9.17, 15) is 24.8 Å². The Morgan fingerprint density at radius 2 is 1.90 bits per heavy atom. The van der Waals surface area contributed by atoms with Crippen LogP contribution in [0, 0.1) is 17.0 Å². The number of nitrogens with zero attached hydrogens (tertiary/aromatic N) is 6. The molecule has 0 radical (unpaired) electrons. The summed E-state index contributed by atoms with van der Waals surface area (Å²) in [5, 5.41) is 25.9. The molecule has 1 atom stereocenters. The summed E-state index contributed by atoms with van der Waals surface area (Å²) in [6, 6.07) is 13.2. The Hall–Kier alpha value is -4.75. The standard InChI is InChI=1S/C26H26ClN7O6/c1-16-6-4-5-7-21(16)40-15-20(35)14-33-22-23(31(2)26(37)32(3)24(22)36)29-25(33)30-28-13-18(27)12-17-8-10-19(11-9-17)34(38)39/h4-13,20,35H,14-15H2,1-3H3,(H,29,30)/b18-12-,28-13-/t20-/m0/s1. The normalized spacial score (nSPS) is 12.7. The maximum atomic E-state index is 13.0. The second-order valence-electron chi connectivity index (χ2n) is 8.90. The van der Waals surface area contributed by atoms with Crippen molar-refractivity contribution in [3.05, 3.63) is 95.6 Å². The van der Waals surface area contributed by atoms with E-state index >= 15 is 0 Å². The minimum Gasteiger partial charge on any atom is -0.491 e. The Bertz CT molecular complexity index is 1740. The van der Waals surface area contributed by atoms with Crippen molar-refractivity contribution < 1.29 is 14.8 Å². The number of nitro benzene ring substituents is 1. The second kappa shape index (κ2) is 12.0. The van der Waals surface area contributed by atoms with Crippen LogP contribution in [0.4, 0.5) is 11.6 Å². The summed E-state index contributed by atoms with van der Waals surface area (Å²) in [5.74, 6) is 0.701. The number of hydrazone groups is 1. The van der Waals surface area contributed by atoms with Crippen LogP contribution in [0.5, 0.6) is 5.75 Å². The van der Waals surface area contributed by atoms with E-state index in [1.807, 2.05) is 25.1 Å². The number of hydrogen-bond donors (Lipinski definition) is 2. The molecule has 0 aliphatic rings. The smallest absolute Gasteiger partial charge is 0.332 e. The summed E-state index contributed by atoms with van der Waals surface area (Å²) in [6.07, 6.45) is 1.78. The summed E-state index contributed by atoms with van der Waals surface area (Å²) < 4.78 is 9.35. The Morgan fingerprint density at radius 1 is 1.20 bits per heavy atom. The van der Waals surface area contributed by atoms with E-state index in [4.69, 9.17) is 16.3 Å². The van der Waals surface area contributed by atoms with Crippen LogP contribution in [0.1, 0.15) is 11.1 Å². The van der Waals surface area contributed by atoms with Crippen LogP contribution >= 0.6 is 11.6 Å². The number of hydrogen-bond acceptors (Lipinski definition) is 9. The monoisotopic (exact) mass is 567 g/mol. The minimum absolute atomic E-state index is 0.0467. The number of ether oxygens (including phenoxy) is 1. The van der Waals surface area contributed by atoms with Crippen molar-refractivity contribution in [1.29, 1.82) is 0 Å². The van der Waals surface area contributed by atoms with Gasteiger partial charge in [-0.2, -0.15) is 10.1 Å². The van der Waals surface area contributed by atoms with Gasteiger partial charge in [0.1, 0.15) is 18.5 Å². The van der Waals surface area contributed by atoms with Gasteiger partial charge in [0.2, 0.25) is 5.95 Å². The van der Waals surface area contributed by atoms with E-state index in [2.05, 4.69) is 15.5 Å². The average molecular weight is 568 g/mol. The zero-order chi connectivity index (χ0) is 29.0.